The minimum Gasteiger partial charge on any atom is -0.444 e. The largest absolute Gasteiger partial charge is 0.444 e. The molecule has 1 aliphatic heterocycles. The van der Waals surface area contributed by atoms with Gasteiger partial charge in [-0.15, -0.1) is 0 Å². The molecule has 2 heterocycles. The second kappa shape index (κ2) is 6.78. The van der Waals surface area contributed by atoms with E-state index in [2.05, 4.69) is 10.3 Å². The van der Waals surface area contributed by atoms with Crippen molar-refractivity contribution in [3.05, 3.63) is 36.0 Å². The highest BCUT2D eigenvalue weighted by Gasteiger charge is 2.33. The summed E-state index contributed by atoms with van der Waals surface area (Å²) in [5.74, 6) is -0.207. The molecule has 6 heteroatoms. The number of carbonyl (C=O) groups excluding carboxylic acids is 2. The molecular weight excluding hydrogens is 318 g/mol. The predicted octanol–water partition coefficient (Wildman–Crippen LogP) is 3.04. The summed E-state index contributed by atoms with van der Waals surface area (Å²) in [5, 5.41) is 4.09. The Balaban J connectivity index is 1.51. The first kappa shape index (κ1) is 17.3. The maximum absolute atomic E-state index is 12.4. The molecule has 2 N–H and O–H groups in total. The molecule has 3 rings (SSSR count). The Morgan fingerprint density at radius 1 is 1.32 bits per heavy atom. The smallest absolute Gasteiger partial charge is 0.410 e. The van der Waals surface area contributed by atoms with Gasteiger partial charge in [0.25, 0.3) is 0 Å². The summed E-state index contributed by atoms with van der Waals surface area (Å²) in [6.07, 6.45) is 0.316. The number of aromatic amines is 1. The van der Waals surface area contributed by atoms with Crippen molar-refractivity contribution in [2.45, 2.75) is 39.3 Å². The number of nitrogens with zero attached hydrogens (tertiary/aromatic N) is 1. The monoisotopic (exact) mass is 343 g/mol. The van der Waals surface area contributed by atoms with Crippen LogP contribution in [0.2, 0.25) is 0 Å². The van der Waals surface area contributed by atoms with E-state index in [9.17, 15) is 9.59 Å². The molecule has 6 nitrogen and oxygen atoms in total. The van der Waals surface area contributed by atoms with Crippen LogP contribution in [-0.2, 0) is 16.1 Å². The lowest BCUT2D eigenvalue weighted by Gasteiger charge is -2.24. The Hall–Kier alpha value is -2.50. The molecule has 0 unspecified atom stereocenters. The molecule has 25 heavy (non-hydrogen) atoms. The van der Waals surface area contributed by atoms with Gasteiger partial charge in [0.2, 0.25) is 5.91 Å². The molecule has 0 aliphatic carbocycles. The number of rotatable bonds is 3. The lowest BCUT2D eigenvalue weighted by Crippen LogP contribution is -2.37. The van der Waals surface area contributed by atoms with E-state index < -0.39 is 5.60 Å². The summed E-state index contributed by atoms with van der Waals surface area (Å²) in [5.41, 5.74) is 1.51. The number of ether oxygens (including phenoxy) is 1. The second-order valence-electron chi connectivity index (χ2n) is 7.51. The summed E-state index contributed by atoms with van der Waals surface area (Å²) in [7, 11) is 0. The molecule has 1 fully saturated rings. The zero-order valence-electron chi connectivity index (χ0n) is 15.0. The third kappa shape index (κ3) is 4.32. The van der Waals surface area contributed by atoms with E-state index in [0.717, 1.165) is 16.6 Å². The van der Waals surface area contributed by atoms with Gasteiger partial charge in [0.15, 0.2) is 0 Å². The van der Waals surface area contributed by atoms with Crippen LogP contribution in [0.1, 0.15) is 32.9 Å². The Bertz CT molecular complexity index is 743. The van der Waals surface area contributed by atoms with Gasteiger partial charge < -0.3 is 19.9 Å². The number of nitrogens with one attached hydrogen (secondary N) is 2. The third-order valence-corrected chi connectivity index (χ3v) is 4.25. The van der Waals surface area contributed by atoms with Gasteiger partial charge in [-0.3, -0.25) is 4.79 Å². The average Bonchev–Trinajstić information content (AvgIpc) is 3.17. The molecule has 2 amide bonds. The number of benzene rings is 1. The zero-order chi connectivity index (χ0) is 18.0. The van der Waals surface area contributed by atoms with Gasteiger partial charge in [-0.2, -0.15) is 0 Å². The first-order valence-electron chi connectivity index (χ1n) is 8.64. The van der Waals surface area contributed by atoms with Crippen LogP contribution in [-0.4, -0.2) is 40.6 Å². The fraction of sp³-hybridized carbons (Fsp3) is 0.474. The topological polar surface area (TPSA) is 74.4 Å². The van der Waals surface area contributed by atoms with Crippen LogP contribution >= 0.6 is 0 Å². The Labute approximate surface area is 147 Å². The number of hydrogen-bond donors (Lipinski definition) is 2. The van der Waals surface area contributed by atoms with Crippen molar-refractivity contribution in [3.63, 3.8) is 0 Å². The van der Waals surface area contributed by atoms with Crippen LogP contribution in [0.15, 0.2) is 30.3 Å². The van der Waals surface area contributed by atoms with Gasteiger partial charge in [0.05, 0.1) is 12.5 Å². The molecule has 1 aliphatic rings. The second-order valence-corrected chi connectivity index (χ2v) is 7.51. The predicted molar refractivity (Wildman–Crippen MR) is 96.1 cm³/mol. The van der Waals surface area contributed by atoms with Crippen LogP contribution < -0.4 is 5.32 Å². The molecule has 134 valence electrons. The highest BCUT2D eigenvalue weighted by Crippen LogP contribution is 2.20. The SMILES string of the molecule is CC(C)(C)OC(=O)N1CC[C@H](C(=O)NCc2cc3ccccc3[nH]2)C1. The van der Waals surface area contributed by atoms with Crippen LogP contribution in [0.25, 0.3) is 10.9 Å². The lowest BCUT2D eigenvalue weighted by molar-refractivity contribution is -0.124. The van der Waals surface area contributed by atoms with E-state index in [4.69, 9.17) is 4.74 Å². The Morgan fingerprint density at radius 3 is 2.80 bits per heavy atom. The minimum absolute atomic E-state index is 0.0234. The lowest BCUT2D eigenvalue weighted by atomic mass is 10.1. The van der Waals surface area contributed by atoms with Crippen molar-refractivity contribution >= 4 is 22.9 Å². The van der Waals surface area contributed by atoms with Crippen molar-refractivity contribution in [1.82, 2.24) is 15.2 Å². The number of carbonyl (C=O) groups is 2. The van der Waals surface area contributed by atoms with Gasteiger partial charge in [0, 0.05) is 24.3 Å². The van der Waals surface area contributed by atoms with Crippen molar-refractivity contribution < 1.29 is 14.3 Å². The van der Waals surface area contributed by atoms with Crippen molar-refractivity contribution in [3.8, 4) is 0 Å². The van der Waals surface area contributed by atoms with E-state index in [1.165, 1.54) is 0 Å². The number of likely N-dealkylation sites (tertiary alicyclic amines) is 1. The standard InChI is InChI=1S/C19H25N3O3/c1-19(2,3)25-18(24)22-9-8-14(12-22)17(23)20-11-15-10-13-6-4-5-7-16(13)21-15/h4-7,10,14,21H,8-9,11-12H2,1-3H3,(H,20,23)/t14-/m0/s1. The molecule has 0 radical (unpaired) electrons. The molecule has 1 aromatic carbocycles. The first-order valence-corrected chi connectivity index (χ1v) is 8.64. The molecule has 1 aromatic heterocycles. The van der Waals surface area contributed by atoms with Crippen molar-refractivity contribution in [1.29, 1.82) is 0 Å². The maximum Gasteiger partial charge on any atom is 0.410 e. The van der Waals surface area contributed by atoms with Gasteiger partial charge in [-0.05, 0) is 44.7 Å². The van der Waals surface area contributed by atoms with Gasteiger partial charge in [-0.25, -0.2) is 4.79 Å². The van der Waals surface area contributed by atoms with E-state index >= 15 is 0 Å². The molecular formula is C19H25N3O3. The molecule has 2 aromatic rings. The van der Waals surface area contributed by atoms with E-state index in [0.29, 0.717) is 26.1 Å². The Kier molecular flexibility index (Phi) is 4.70. The summed E-state index contributed by atoms with van der Waals surface area (Å²) < 4.78 is 5.36. The number of amides is 2. The molecule has 0 bridgehead atoms. The van der Waals surface area contributed by atoms with E-state index in [1.807, 2.05) is 51.1 Å². The fourth-order valence-corrected chi connectivity index (χ4v) is 3.02. The first-order chi connectivity index (χ1) is 11.8. The summed E-state index contributed by atoms with van der Waals surface area (Å²) in [6.45, 7) is 6.94. The molecule has 0 saturated carbocycles. The van der Waals surface area contributed by atoms with Crippen LogP contribution in [0.4, 0.5) is 4.79 Å². The summed E-state index contributed by atoms with van der Waals surface area (Å²) in [6, 6.07) is 10.0. The maximum atomic E-state index is 12.4. The van der Waals surface area contributed by atoms with Crippen molar-refractivity contribution in [2.24, 2.45) is 5.92 Å². The van der Waals surface area contributed by atoms with Crippen LogP contribution in [0, 0.1) is 5.92 Å². The van der Waals surface area contributed by atoms with Crippen LogP contribution in [0.3, 0.4) is 0 Å². The third-order valence-electron chi connectivity index (χ3n) is 4.25. The van der Waals surface area contributed by atoms with Crippen LogP contribution in [0.5, 0.6) is 0 Å². The number of H-pyrrole nitrogens is 1. The molecule has 1 saturated heterocycles. The van der Waals surface area contributed by atoms with Crippen molar-refractivity contribution in [2.75, 3.05) is 13.1 Å². The molecule has 1 atom stereocenters. The Morgan fingerprint density at radius 2 is 2.08 bits per heavy atom. The number of para-hydroxylation sites is 1. The van der Waals surface area contributed by atoms with Gasteiger partial charge >= 0.3 is 6.09 Å². The molecule has 0 spiro atoms. The average molecular weight is 343 g/mol. The number of fused-ring (bicyclic) bond motifs is 1. The summed E-state index contributed by atoms with van der Waals surface area (Å²) in [4.78, 5) is 29.4. The van der Waals surface area contributed by atoms with E-state index in [1.54, 1.807) is 4.90 Å². The quantitative estimate of drug-likeness (QED) is 0.899. The minimum atomic E-state index is -0.521. The number of aromatic nitrogens is 1. The number of hydrogen-bond acceptors (Lipinski definition) is 3. The van der Waals surface area contributed by atoms with Gasteiger partial charge in [-0.1, -0.05) is 18.2 Å². The zero-order valence-corrected chi connectivity index (χ0v) is 15.0. The van der Waals surface area contributed by atoms with E-state index in [-0.39, 0.29) is 17.9 Å². The summed E-state index contributed by atoms with van der Waals surface area (Å²) >= 11 is 0. The highest BCUT2D eigenvalue weighted by molar-refractivity contribution is 5.82. The normalized spacial score (nSPS) is 17.7. The highest BCUT2D eigenvalue weighted by atomic mass is 16.6. The van der Waals surface area contributed by atoms with Gasteiger partial charge in [0.1, 0.15) is 5.60 Å². The fourth-order valence-electron chi connectivity index (χ4n) is 3.02.